The van der Waals surface area contributed by atoms with Crippen LogP contribution in [-0.4, -0.2) is 67.6 Å². The van der Waals surface area contributed by atoms with Crippen molar-refractivity contribution in [3.63, 3.8) is 0 Å². The Kier molecular flexibility index (Phi) is 10.5. The number of piperazine rings is 1. The monoisotopic (exact) mass is 416 g/mol. The highest BCUT2D eigenvalue weighted by Gasteiger charge is 2.26. The zero-order valence-corrected chi connectivity index (χ0v) is 17.9. The predicted octanol–water partition coefficient (Wildman–Crippen LogP) is 2.69. The molecule has 3 rings (SSSR count). The smallest absolute Gasteiger partial charge is 0.224 e. The van der Waals surface area contributed by atoms with Gasteiger partial charge in [-0.2, -0.15) is 0 Å². The Morgan fingerprint density at radius 3 is 2.52 bits per heavy atom. The number of aryl methyl sites for hydroxylation is 1. The number of carbonyl (C=O) groups is 1. The summed E-state index contributed by atoms with van der Waals surface area (Å²) < 4.78 is 0. The molecule has 2 saturated heterocycles. The van der Waals surface area contributed by atoms with Crippen LogP contribution in [0.4, 0.5) is 5.69 Å². The van der Waals surface area contributed by atoms with Gasteiger partial charge in [0.1, 0.15) is 0 Å². The fraction of sp³-hybridized carbons (Fsp3) is 0.650. The van der Waals surface area contributed by atoms with Crippen LogP contribution >= 0.6 is 24.8 Å². The van der Waals surface area contributed by atoms with Crippen LogP contribution in [0.5, 0.6) is 0 Å². The number of likely N-dealkylation sites (tertiary alicyclic amines) is 1. The van der Waals surface area contributed by atoms with Gasteiger partial charge in [-0.25, -0.2) is 0 Å². The highest BCUT2D eigenvalue weighted by Crippen LogP contribution is 2.19. The lowest BCUT2D eigenvalue weighted by Crippen LogP contribution is -2.50. The number of piperidine rings is 1. The molecule has 2 aliphatic heterocycles. The van der Waals surface area contributed by atoms with E-state index in [1.165, 1.54) is 17.7 Å². The van der Waals surface area contributed by atoms with E-state index in [0.717, 1.165) is 52.1 Å². The van der Waals surface area contributed by atoms with E-state index in [0.29, 0.717) is 13.0 Å². The second-order valence-electron chi connectivity index (χ2n) is 7.39. The van der Waals surface area contributed by atoms with Crippen molar-refractivity contribution in [2.75, 3.05) is 50.7 Å². The van der Waals surface area contributed by atoms with E-state index in [2.05, 4.69) is 41.0 Å². The molecular weight excluding hydrogens is 383 g/mol. The van der Waals surface area contributed by atoms with E-state index < -0.39 is 0 Å². The molecule has 1 atom stereocenters. The summed E-state index contributed by atoms with van der Waals surface area (Å²) in [5, 5.41) is 0. The van der Waals surface area contributed by atoms with Crippen LogP contribution < -0.4 is 10.6 Å². The average Bonchev–Trinajstić information content (AvgIpc) is 2.66. The van der Waals surface area contributed by atoms with Crippen LogP contribution in [0.3, 0.4) is 0 Å². The zero-order valence-electron chi connectivity index (χ0n) is 16.3. The highest BCUT2D eigenvalue weighted by molar-refractivity contribution is 5.85. The standard InChI is InChI=1S/C20H32N4O.2ClH/c1-17-5-4-7-18(15-17)23-13-11-22(12-14-23)10-8-20(25)24-9-3-2-6-19(24)16-21;;/h4-5,7,15,19H,2-3,6,8-14,16,21H2,1H3;2*1H. The third kappa shape index (κ3) is 6.53. The molecule has 2 aliphatic rings. The summed E-state index contributed by atoms with van der Waals surface area (Å²) in [6.07, 6.45) is 4.02. The van der Waals surface area contributed by atoms with E-state index in [1.54, 1.807) is 0 Å². The maximum Gasteiger partial charge on any atom is 0.224 e. The van der Waals surface area contributed by atoms with Gasteiger partial charge in [0, 0.05) is 64.0 Å². The van der Waals surface area contributed by atoms with E-state index in [4.69, 9.17) is 5.73 Å². The molecule has 1 amide bonds. The van der Waals surface area contributed by atoms with Gasteiger partial charge in [-0.3, -0.25) is 9.69 Å². The van der Waals surface area contributed by atoms with Crippen molar-refractivity contribution in [2.45, 2.75) is 38.6 Å². The second kappa shape index (κ2) is 11.7. The number of anilines is 1. The van der Waals surface area contributed by atoms with Gasteiger partial charge in [0.15, 0.2) is 0 Å². The number of carbonyl (C=O) groups excluding carboxylic acids is 1. The van der Waals surface area contributed by atoms with Crippen molar-refractivity contribution in [3.8, 4) is 0 Å². The number of halogens is 2. The highest BCUT2D eigenvalue weighted by atomic mass is 35.5. The number of hydrogen-bond acceptors (Lipinski definition) is 4. The molecule has 2 heterocycles. The zero-order chi connectivity index (χ0) is 17.6. The Morgan fingerprint density at radius 2 is 1.85 bits per heavy atom. The van der Waals surface area contributed by atoms with E-state index in [1.807, 2.05) is 4.90 Å². The summed E-state index contributed by atoms with van der Waals surface area (Å²) in [5.41, 5.74) is 8.46. The van der Waals surface area contributed by atoms with Gasteiger partial charge < -0.3 is 15.5 Å². The normalized spacial score (nSPS) is 20.6. The molecule has 0 aliphatic carbocycles. The molecule has 0 radical (unpaired) electrons. The molecule has 2 fully saturated rings. The molecular formula is C20H34Cl2N4O. The minimum absolute atomic E-state index is 0. The van der Waals surface area contributed by atoms with Crippen molar-refractivity contribution in [2.24, 2.45) is 5.73 Å². The molecule has 1 unspecified atom stereocenters. The number of nitrogens with zero attached hydrogens (tertiary/aromatic N) is 3. The number of benzene rings is 1. The van der Waals surface area contributed by atoms with Crippen molar-refractivity contribution < 1.29 is 4.79 Å². The van der Waals surface area contributed by atoms with Crippen molar-refractivity contribution in [1.82, 2.24) is 9.80 Å². The topological polar surface area (TPSA) is 52.8 Å². The van der Waals surface area contributed by atoms with E-state index in [-0.39, 0.29) is 36.8 Å². The Balaban J connectivity index is 0.00000182. The lowest BCUT2D eigenvalue weighted by Gasteiger charge is -2.38. The first-order valence-corrected chi connectivity index (χ1v) is 9.71. The maximum atomic E-state index is 12.6. The SMILES string of the molecule is Cc1cccc(N2CCN(CCC(=O)N3CCCCC3CN)CC2)c1.Cl.Cl. The van der Waals surface area contributed by atoms with Gasteiger partial charge >= 0.3 is 0 Å². The van der Waals surface area contributed by atoms with Crippen molar-refractivity contribution in [3.05, 3.63) is 29.8 Å². The molecule has 0 saturated carbocycles. The predicted molar refractivity (Wildman–Crippen MR) is 117 cm³/mol. The Hall–Kier alpha value is -1.01. The van der Waals surface area contributed by atoms with Crippen LogP contribution in [-0.2, 0) is 4.79 Å². The molecule has 2 N–H and O–H groups in total. The van der Waals surface area contributed by atoms with Crippen molar-refractivity contribution >= 4 is 36.4 Å². The van der Waals surface area contributed by atoms with Gasteiger partial charge in [-0.05, 0) is 43.9 Å². The van der Waals surface area contributed by atoms with Crippen LogP contribution in [0.2, 0.25) is 0 Å². The number of amides is 1. The third-order valence-electron chi connectivity index (χ3n) is 5.60. The van der Waals surface area contributed by atoms with Crippen LogP contribution in [0.15, 0.2) is 24.3 Å². The lowest BCUT2D eigenvalue weighted by molar-refractivity contribution is -0.135. The molecule has 5 nitrogen and oxygen atoms in total. The largest absolute Gasteiger partial charge is 0.369 e. The summed E-state index contributed by atoms with van der Waals surface area (Å²) in [6, 6.07) is 8.97. The van der Waals surface area contributed by atoms with Gasteiger partial charge in [0.2, 0.25) is 5.91 Å². The third-order valence-corrected chi connectivity index (χ3v) is 5.60. The summed E-state index contributed by atoms with van der Waals surface area (Å²) >= 11 is 0. The summed E-state index contributed by atoms with van der Waals surface area (Å²) in [4.78, 5) is 19.5. The van der Waals surface area contributed by atoms with Crippen LogP contribution in [0.25, 0.3) is 0 Å². The average molecular weight is 417 g/mol. The first-order chi connectivity index (χ1) is 12.2. The first kappa shape index (κ1) is 24.0. The lowest BCUT2D eigenvalue weighted by atomic mass is 10.0. The quantitative estimate of drug-likeness (QED) is 0.801. The molecule has 1 aromatic rings. The van der Waals surface area contributed by atoms with E-state index >= 15 is 0 Å². The summed E-state index contributed by atoms with van der Waals surface area (Å²) in [5.74, 6) is 0.288. The molecule has 1 aromatic carbocycles. The molecule has 27 heavy (non-hydrogen) atoms. The Morgan fingerprint density at radius 1 is 1.11 bits per heavy atom. The number of hydrogen-bond donors (Lipinski definition) is 1. The number of rotatable bonds is 5. The van der Waals surface area contributed by atoms with Crippen LogP contribution in [0, 0.1) is 6.92 Å². The molecule has 7 heteroatoms. The minimum atomic E-state index is 0. The van der Waals surface area contributed by atoms with Gasteiger partial charge in [0.05, 0.1) is 0 Å². The number of nitrogens with two attached hydrogens (primary N) is 1. The second-order valence-corrected chi connectivity index (χ2v) is 7.39. The minimum Gasteiger partial charge on any atom is -0.369 e. The Labute approximate surface area is 176 Å². The van der Waals surface area contributed by atoms with Gasteiger partial charge in [-0.15, -0.1) is 24.8 Å². The molecule has 0 spiro atoms. The maximum absolute atomic E-state index is 12.6. The Bertz CT molecular complexity index is 579. The van der Waals surface area contributed by atoms with Gasteiger partial charge in [0.25, 0.3) is 0 Å². The van der Waals surface area contributed by atoms with E-state index in [9.17, 15) is 4.79 Å². The summed E-state index contributed by atoms with van der Waals surface area (Å²) in [7, 11) is 0. The van der Waals surface area contributed by atoms with Gasteiger partial charge in [-0.1, -0.05) is 12.1 Å². The fourth-order valence-corrected chi connectivity index (χ4v) is 4.03. The van der Waals surface area contributed by atoms with Crippen molar-refractivity contribution in [1.29, 1.82) is 0 Å². The molecule has 0 bridgehead atoms. The molecule has 154 valence electrons. The molecule has 0 aromatic heterocycles. The fourth-order valence-electron chi connectivity index (χ4n) is 4.03. The van der Waals surface area contributed by atoms with Crippen LogP contribution in [0.1, 0.15) is 31.2 Å². The summed E-state index contributed by atoms with van der Waals surface area (Å²) in [6.45, 7) is 8.63. The first-order valence-electron chi connectivity index (χ1n) is 9.71.